The number of nitro groups is 1. The van der Waals surface area contributed by atoms with Crippen molar-refractivity contribution >= 4 is 49.3 Å². The molecule has 2 heterocycles. The van der Waals surface area contributed by atoms with E-state index in [0.29, 0.717) is 3.70 Å². The minimum atomic E-state index is -3.87. The Morgan fingerprint density at radius 1 is 1.18 bits per heavy atom. The fourth-order valence-corrected chi connectivity index (χ4v) is 4.80. The van der Waals surface area contributed by atoms with Gasteiger partial charge in [0, 0.05) is 12.3 Å². The maximum Gasteiger partial charge on any atom is 0.282 e. The highest BCUT2D eigenvalue weighted by molar-refractivity contribution is 14.1. The topological polar surface area (TPSA) is 95.1 Å². The lowest BCUT2D eigenvalue weighted by Gasteiger charge is -2.08. The molecule has 0 amide bonds. The Bertz CT molecular complexity index is 983. The third kappa shape index (κ3) is 2.25. The van der Waals surface area contributed by atoms with Crippen LogP contribution < -0.4 is 0 Å². The summed E-state index contributed by atoms with van der Waals surface area (Å²) in [7, 11) is -3.87. The van der Waals surface area contributed by atoms with Crippen molar-refractivity contribution < 1.29 is 13.3 Å². The normalized spacial score (nSPS) is 11.7. The van der Waals surface area contributed by atoms with Gasteiger partial charge in [-0.2, -0.15) is 0 Å². The van der Waals surface area contributed by atoms with Gasteiger partial charge in [-0.1, -0.05) is 18.2 Å². The van der Waals surface area contributed by atoms with Crippen LogP contribution in [0.5, 0.6) is 0 Å². The van der Waals surface area contributed by atoms with Crippen LogP contribution in [0.25, 0.3) is 11.0 Å². The third-order valence-corrected chi connectivity index (χ3v) is 5.91. The van der Waals surface area contributed by atoms with E-state index in [4.69, 9.17) is 0 Å². The summed E-state index contributed by atoms with van der Waals surface area (Å²) in [6, 6.07) is 10.6. The summed E-state index contributed by atoms with van der Waals surface area (Å²) >= 11 is 1.83. The summed E-state index contributed by atoms with van der Waals surface area (Å²) in [5, 5.41) is 11.3. The molecule has 1 aromatic carbocycles. The largest absolute Gasteiger partial charge is 0.282 e. The average Bonchev–Trinajstić information content (AvgIpc) is 2.84. The number of hydrogen-bond acceptors (Lipinski definition) is 5. The van der Waals surface area contributed by atoms with E-state index in [1.54, 1.807) is 18.2 Å². The summed E-state index contributed by atoms with van der Waals surface area (Å²) in [5.41, 5.74) is -0.132. The Hall–Kier alpha value is -2.01. The first-order chi connectivity index (χ1) is 10.4. The highest BCUT2D eigenvalue weighted by Crippen LogP contribution is 2.30. The zero-order valence-electron chi connectivity index (χ0n) is 10.9. The van der Waals surface area contributed by atoms with Gasteiger partial charge in [0.15, 0.2) is 5.65 Å². The summed E-state index contributed by atoms with van der Waals surface area (Å²) < 4.78 is 26.9. The number of hydrogen-bond donors (Lipinski definition) is 0. The van der Waals surface area contributed by atoms with Crippen molar-refractivity contribution in [2.24, 2.45) is 0 Å². The van der Waals surface area contributed by atoms with Gasteiger partial charge >= 0.3 is 0 Å². The van der Waals surface area contributed by atoms with Crippen molar-refractivity contribution in [2.75, 3.05) is 0 Å². The van der Waals surface area contributed by atoms with Crippen LogP contribution in [0.4, 0.5) is 5.69 Å². The van der Waals surface area contributed by atoms with E-state index in [1.807, 2.05) is 22.6 Å². The lowest BCUT2D eigenvalue weighted by atomic mass is 10.3. The van der Waals surface area contributed by atoms with Gasteiger partial charge in [0.25, 0.3) is 15.7 Å². The number of fused-ring (bicyclic) bond motifs is 1. The second-order valence-corrected chi connectivity index (χ2v) is 7.27. The Morgan fingerprint density at radius 3 is 2.50 bits per heavy atom. The molecule has 22 heavy (non-hydrogen) atoms. The molecule has 112 valence electrons. The molecular weight excluding hydrogens is 421 g/mol. The monoisotopic (exact) mass is 429 g/mol. The van der Waals surface area contributed by atoms with Crippen molar-refractivity contribution in [3.8, 4) is 0 Å². The molecule has 0 N–H and O–H groups in total. The minimum absolute atomic E-state index is 0.0439. The molecule has 0 bridgehead atoms. The quantitative estimate of drug-likeness (QED) is 0.363. The van der Waals surface area contributed by atoms with Crippen LogP contribution in [0, 0.1) is 13.8 Å². The molecule has 2 aromatic heterocycles. The van der Waals surface area contributed by atoms with E-state index in [-0.39, 0.29) is 21.6 Å². The maximum absolute atomic E-state index is 12.8. The van der Waals surface area contributed by atoms with Gasteiger partial charge in [0.1, 0.15) is 0 Å². The molecule has 0 atom stereocenters. The highest BCUT2D eigenvalue weighted by Gasteiger charge is 2.26. The van der Waals surface area contributed by atoms with Crippen molar-refractivity contribution in [3.05, 3.63) is 62.5 Å². The van der Waals surface area contributed by atoms with Crippen LogP contribution in [-0.2, 0) is 10.0 Å². The maximum atomic E-state index is 12.8. The molecule has 0 aliphatic heterocycles. The molecule has 0 unspecified atom stereocenters. The first-order valence-corrected chi connectivity index (χ1v) is 8.56. The number of benzene rings is 1. The van der Waals surface area contributed by atoms with Crippen LogP contribution in [0.2, 0.25) is 0 Å². The SMILES string of the molecule is O=[N+]([O-])c1ccnc2c1cc(I)n2S(=O)(=O)c1ccccc1. The molecule has 0 radical (unpaired) electrons. The fourth-order valence-electron chi connectivity index (χ4n) is 2.12. The summed E-state index contributed by atoms with van der Waals surface area (Å²) in [5.74, 6) is 0. The first-order valence-electron chi connectivity index (χ1n) is 6.04. The van der Waals surface area contributed by atoms with Crippen LogP contribution >= 0.6 is 22.6 Å². The summed E-state index contributed by atoms with van der Waals surface area (Å²) in [6.07, 6.45) is 1.23. The van der Waals surface area contributed by atoms with E-state index in [2.05, 4.69) is 4.98 Å². The predicted molar refractivity (Wildman–Crippen MR) is 88.1 cm³/mol. The summed E-state index contributed by atoms with van der Waals surface area (Å²) in [6.45, 7) is 0. The van der Waals surface area contributed by atoms with Crippen molar-refractivity contribution in [1.29, 1.82) is 0 Å². The van der Waals surface area contributed by atoms with Crippen molar-refractivity contribution in [2.45, 2.75) is 4.90 Å². The van der Waals surface area contributed by atoms with Gasteiger partial charge in [-0.25, -0.2) is 17.4 Å². The molecule has 0 aliphatic carbocycles. The van der Waals surface area contributed by atoms with Crippen LogP contribution in [-0.4, -0.2) is 22.3 Å². The molecule has 0 spiro atoms. The number of halogens is 1. The minimum Gasteiger partial charge on any atom is -0.258 e. The molecule has 9 heteroatoms. The van der Waals surface area contributed by atoms with E-state index in [1.165, 1.54) is 30.5 Å². The molecule has 0 fully saturated rings. The molecule has 7 nitrogen and oxygen atoms in total. The number of pyridine rings is 1. The van der Waals surface area contributed by atoms with Gasteiger partial charge in [0.05, 0.1) is 18.9 Å². The van der Waals surface area contributed by atoms with E-state index in [9.17, 15) is 18.5 Å². The third-order valence-electron chi connectivity index (χ3n) is 3.07. The first kappa shape index (κ1) is 14.9. The van der Waals surface area contributed by atoms with E-state index in [0.717, 1.165) is 3.97 Å². The molecule has 0 aliphatic rings. The van der Waals surface area contributed by atoms with Crippen LogP contribution in [0.3, 0.4) is 0 Å². The number of rotatable bonds is 3. The highest BCUT2D eigenvalue weighted by atomic mass is 127. The van der Waals surface area contributed by atoms with Crippen LogP contribution in [0.1, 0.15) is 0 Å². The Kier molecular flexibility index (Phi) is 3.60. The van der Waals surface area contributed by atoms with Crippen LogP contribution in [0.15, 0.2) is 53.6 Å². The molecular formula is C13H8IN3O4S. The molecule has 0 saturated heterocycles. The molecule has 3 rings (SSSR count). The molecule has 0 saturated carbocycles. The number of aromatic nitrogens is 2. The van der Waals surface area contributed by atoms with Crippen molar-refractivity contribution in [1.82, 2.24) is 8.96 Å². The lowest BCUT2D eigenvalue weighted by molar-refractivity contribution is -0.383. The number of nitrogens with zero attached hydrogens (tertiary/aromatic N) is 3. The van der Waals surface area contributed by atoms with E-state index < -0.39 is 14.9 Å². The second-order valence-electron chi connectivity index (χ2n) is 4.37. The Balaban J connectivity index is 2.36. The molecule has 3 aromatic rings. The van der Waals surface area contributed by atoms with E-state index >= 15 is 0 Å². The fraction of sp³-hybridized carbons (Fsp3) is 0. The lowest BCUT2D eigenvalue weighted by Crippen LogP contribution is -2.14. The van der Waals surface area contributed by atoms with Gasteiger partial charge in [-0.15, -0.1) is 0 Å². The second kappa shape index (κ2) is 5.32. The van der Waals surface area contributed by atoms with Gasteiger partial charge in [-0.05, 0) is 40.8 Å². The zero-order valence-corrected chi connectivity index (χ0v) is 13.9. The Morgan fingerprint density at radius 2 is 1.86 bits per heavy atom. The van der Waals surface area contributed by atoms with Gasteiger partial charge in [-0.3, -0.25) is 10.1 Å². The Labute approximate surface area is 138 Å². The van der Waals surface area contributed by atoms with Gasteiger partial charge in [0.2, 0.25) is 0 Å². The van der Waals surface area contributed by atoms with Gasteiger partial charge < -0.3 is 0 Å². The zero-order chi connectivity index (χ0) is 15.9. The standard InChI is InChI=1S/C13H8IN3O4S/c14-12-8-10-11(17(18)19)6-7-15-13(10)16(12)22(20,21)9-4-2-1-3-5-9/h1-8H. The average molecular weight is 429 g/mol. The smallest absolute Gasteiger partial charge is 0.258 e. The predicted octanol–water partition coefficient (Wildman–Crippen LogP) is 2.79. The van der Waals surface area contributed by atoms with Crippen molar-refractivity contribution in [3.63, 3.8) is 0 Å². The summed E-state index contributed by atoms with van der Waals surface area (Å²) in [4.78, 5) is 14.6.